The Kier molecular flexibility index (Phi) is 5.13. The molecule has 4 rings (SSSR count). The Morgan fingerprint density at radius 2 is 2.04 bits per heavy atom. The second-order valence-electron chi connectivity index (χ2n) is 6.97. The van der Waals surface area contributed by atoms with Crippen molar-refractivity contribution >= 4 is 46.3 Å². The lowest BCUT2D eigenvalue weighted by molar-refractivity contribution is -0.122. The van der Waals surface area contributed by atoms with E-state index in [1.165, 1.54) is 0 Å². The molecule has 1 aromatic carbocycles. The molecule has 2 heterocycles. The van der Waals surface area contributed by atoms with Gasteiger partial charge in [0.05, 0.1) is 34.4 Å². The van der Waals surface area contributed by atoms with Crippen molar-refractivity contribution in [1.82, 2.24) is 0 Å². The molecule has 1 fully saturated rings. The van der Waals surface area contributed by atoms with E-state index in [9.17, 15) is 9.59 Å². The Labute approximate surface area is 172 Å². The standard InChI is InChI=1S/C21H18Cl2N2O3/c1-11-18(21(27)25-15-10-12(22)7-8-13(15)23)20(17-6-3-9-28-17)19-14(24-11)4-2-5-16(19)26/h3,6-10,19-20H,2,4-5H2,1H3,(H,25,27)/t19-,20-/m0/s1. The summed E-state index contributed by atoms with van der Waals surface area (Å²) in [5.41, 5.74) is 2.22. The second-order valence-corrected chi connectivity index (χ2v) is 7.81. The normalized spacial score (nSPS) is 22.0. The number of benzene rings is 1. The van der Waals surface area contributed by atoms with Crippen molar-refractivity contribution in [2.24, 2.45) is 10.9 Å². The monoisotopic (exact) mass is 416 g/mol. The van der Waals surface area contributed by atoms with Crippen LogP contribution in [0.5, 0.6) is 0 Å². The lowest BCUT2D eigenvalue weighted by atomic mass is 9.71. The van der Waals surface area contributed by atoms with Crippen LogP contribution >= 0.6 is 23.2 Å². The van der Waals surface area contributed by atoms with Crippen molar-refractivity contribution in [1.29, 1.82) is 0 Å². The van der Waals surface area contributed by atoms with E-state index in [4.69, 9.17) is 27.6 Å². The molecule has 0 unspecified atom stereocenters. The van der Waals surface area contributed by atoms with Gasteiger partial charge in [0.25, 0.3) is 5.91 Å². The first-order valence-electron chi connectivity index (χ1n) is 9.06. The molecule has 2 aliphatic rings. The predicted molar refractivity (Wildman–Crippen MR) is 109 cm³/mol. The minimum absolute atomic E-state index is 0.0880. The fourth-order valence-corrected chi connectivity index (χ4v) is 4.31. The Morgan fingerprint density at radius 1 is 1.21 bits per heavy atom. The van der Waals surface area contributed by atoms with Gasteiger partial charge >= 0.3 is 0 Å². The number of allylic oxidation sites excluding steroid dienone is 1. The number of rotatable bonds is 3. The van der Waals surface area contributed by atoms with E-state index in [1.54, 1.807) is 43.5 Å². The molecule has 0 saturated heterocycles. The summed E-state index contributed by atoms with van der Waals surface area (Å²) in [5.74, 6) is -0.684. The van der Waals surface area contributed by atoms with Gasteiger partial charge < -0.3 is 9.73 Å². The number of halogens is 2. The Hall–Kier alpha value is -2.37. The first-order valence-corrected chi connectivity index (χ1v) is 9.82. The molecular formula is C21H18Cl2N2O3. The zero-order valence-corrected chi connectivity index (χ0v) is 16.7. The van der Waals surface area contributed by atoms with Crippen LogP contribution in [0.2, 0.25) is 10.0 Å². The number of aliphatic imine (C=N–C) groups is 1. The Bertz CT molecular complexity index is 1010. The summed E-state index contributed by atoms with van der Waals surface area (Å²) in [5, 5.41) is 3.65. The summed E-state index contributed by atoms with van der Waals surface area (Å²) in [4.78, 5) is 30.6. The van der Waals surface area contributed by atoms with Crippen LogP contribution in [0.4, 0.5) is 5.69 Å². The Morgan fingerprint density at radius 3 is 2.79 bits per heavy atom. The number of furan rings is 1. The summed E-state index contributed by atoms with van der Waals surface area (Å²) in [7, 11) is 0. The summed E-state index contributed by atoms with van der Waals surface area (Å²) >= 11 is 12.2. The number of ketones is 1. The summed E-state index contributed by atoms with van der Waals surface area (Å²) < 4.78 is 5.62. The highest BCUT2D eigenvalue weighted by Crippen LogP contribution is 2.43. The van der Waals surface area contributed by atoms with Crippen LogP contribution in [0.3, 0.4) is 0 Å². The van der Waals surface area contributed by atoms with Gasteiger partial charge in [0, 0.05) is 22.9 Å². The molecule has 1 N–H and O–H groups in total. The van der Waals surface area contributed by atoms with Crippen molar-refractivity contribution in [3.63, 3.8) is 0 Å². The molecule has 0 spiro atoms. The van der Waals surface area contributed by atoms with E-state index < -0.39 is 11.8 Å². The van der Waals surface area contributed by atoms with E-state index in [-0.39, 0.29) is 11.7 Å². The van der Waals surface area contributed by atoms with Gasteiger partial charge in [0.1, 0.15) is 11.5 Å². The molecule has 5 nitrogen and oxygen atoms in total. The van der Waals surface area contributed by atoms with E-state index >= 15 is 0 Å². The van der Waals surface area contributed by atoms with Crippen molar-refractivity contribution in [3.8, 4) is 0 Å². The lowest BCUT2D eigenvalue weighted by Gasteiger charge is -2.34. The van der Waals surface area contributed by atoms with Crippen LogP contribution in [-0.2, 0) is 9.59 Å². The minimum Gasteiger partial charge on any atom is -0.469 e. The first-order chi connectivity index (χ1) is 13.5. The quantitative estimate of drug-likeness (QED) is 0.726. The van der Waals surface area contributed by atoms with Gasteiger partial charge in [-0.25, -0.2) is 0 Å². The van der Waals surface area contributed by atoms with E-state index in [2.05, 4.69) is 10.3 Å². The third-order valence-electron chi connectivity index (χ3n) is 5.18. The van der Waals surface area contributed by atoms with E-state index in [0.717, 1.165) is 18.6 Å². The topological polar surface area (TPSA) is 71.7 Å². The maximum atomic E-state index is 13.2. The van der Waals surface area contributed by atoms with Crippen LogP contribution in [0, 0.1) is 5.92 Å². The molecule has 2 atom stereocenters. The second kappa shape index (κ2) is 7.57. The number of Topliss-reactive ketones (excluding diaryl/α,β-unsaturated/α-hetero) is 1. The minimum atomic E-state index is -0.506. The number of fused-ring (bicyclic) bond motifs is 1. The van der Waals surface area contributed by atoms with Gasteiger partial charge in [-0.15, -0.1) is 0 Å². The molecule has 1 aliphatic carbocycles. The Balaban J connectivity index is 1.77. The van der Waals surface area contributed by atoms with Crippen molar-refractivity contribution in [2.45, 2.75) is 32.1 Å². The first kappa shape index (κ1) is 19.0. The number of nitrogens with one attached hydrogen (secondary N) is 1. The number of hydrogen-bond donors (Lipinski definition) is 1. The molecule has 1 saturated carbocycles. The van der Waals surface area contributed by atoms with Crippen LogP contribution in [0.25, 0.3) is 0 Å². The summed E-state index contributed by atoms with van der Waals surface area (Å²) in [6, 6.07) is 8.40. The fraction of sp³-hybridized carbons (Fsp3) is 0.286. The molecule has 28 heavy (non-hydrogen) atoms. The third-order valence-corrected chi connectivity index (χ3v) is 5.74. The molecule has 0 radical (unpaired) electrons. The summed E-state index contributed by atoms with van der Waals surface area (Å²) in [6.45, 7) is 1.78. The molecule has 2 aromatic rings. The highest BCUT2D eigenvalue weighted by Gasteiger charge is 2.44. The molecule has 144 valence electrons. The lowest BCUT2D eigenvalue weighted by Crippen LogP contribution is -2.39. The molecule has 0 bridgehead atoms. The van der Waals surface area contributed by atoms with Gasteiger partial charge in [-0.05, 0) is 50.1 Å². The zero-order valence-electron chi connectivity index (χ0n) is 15.2. The van der Waals surface area contributed by atoms with Gasteiger partial charge in [0.15, 0.2) is 0 Å². The average molecular weight is 417 g/mol. The van der Waals surface area contributed by atoms with Crippen LogP contribution in [0.1, 0.15) is 37.9 Å². The van der Waals surface area contributed by atoms with E-state index in [0.29, 0.717) is 39.2 Å². The number of hydrogen-bond acceptors (Lipinski definition) is 4. The highest BCUT2D eigenvalue weighted by atomic mass is 35.5. The average Bonchev–Trinajstić information content (AvgIpc) is 3.18. The van der Waals surface area contributed by atoms with Crippen LogP contribution in [-0.4, -0.2) is 17.4 Å². The molecular weight excluding hydrogens is 399 g/mol. The number of carbonyl (C=O) groups excluding carboxylic acids is 2. The van der Waals surface area contributed by atoms with Crippen molar-refractivity contribution in [2.75, 3.05) is 5.32 Å². The molecule has 1 aliphatic heterocycles. The third kappa shape index (κ3) is 3.40. The number of anilines is 1. The largest absolute Gasteiger partial charge is 0.469 e. The van der Waals surface area contributed by atoms with Gasteiger partial charge in [0.2, 0.25) is 0 Å². The fourth-order valence-electron chi connectivity index (χ4n) is 3.97. The molecule has 1 aromatic heterocycles. The number of nitrogens with zero attached hydrogens (tertiary/aromatic N) is 1. The van der Waals surface area contributed by atoms with Crippen molar-refractivity contribution < 1.29 is 14.0 Å². The van der Waals surface area contributed by atoms with Crippen LogP contribution in [0.15, 0.2) is 57.3 Å². The summed E-state index contributed by atoms with van der Waals surface area (Å²) in [6.07, 6.45) is 3.56. The molecule has 1 amide bonds. The smallest absolute Gasteiger partial charge is 0.254 e. The highest BCUT2D eigenvalue weighted by molar-refractivity contribution is 6.36. The van der Waals surface area contributed by atoms with Crippen molar-refractivity contribution in [3.05, 3.63) is 63.7 Å². The maximum Gasteiger partial charge on any atom is 0.254 e. The molecule has 7 heteroatoms. The SMILES string of the molecule is CC1=C(C(=O)Nc2cc(Cl)ccc2Cl)[C@H](c2ccco2)[C@@H]2C(=O)CCCC2=N1. The number of amides is 1. The van der Waals surface area contributed by atoms with E-state index in [1.807, 2.05) is 0 Å². The number of carbonyl (C=O) groups is 2. The van der Waals surface area contributed by atoms with Gasteiger partial charge in [-0.2, -0.15) is 0 Å². The predicted octanol–water partition coefficient (Wildman–Crippen LogP) is 5.41. The zero-order chi connectivity index (χ0) is 19.8. The maximum absolute atomic E-state index is 13.2. The van der Waals surface area contributed by atoms with Crippen LogP contribution < -0.4 is 5.32 Å². The van der Waals surface area contributed by atoms with Gasteiger partial charge in [-0.1, -0.05) is 23.2 Å². The van der Waals surface area contributed by atoms with Gasteiger partial charge in [-0.3, -0.25) is 14.6 Å².